The molecule has 0 aliphatic rings. The maximum Gasteiger partial charge on any atom is 0.234 e. The van der Waals surface area contributed by atoms with Gasteiger partial charge in [0.15, 0.2) is 0 Å². The summed E-state index contributed by atoms with van der Waals surface area (Å²) in [4.78, 5) is 15.9. The van der Waals surface area contributed by atoms with Gasteiger partial charge in [-0.15, -0.1) is 0 Å². The molecule has 0 saturated carbocycles. The lowest BCUT2D eigenvalue weighted by Crippen LogP contribution is -2.34. The third kappa shape index (κ3) is 4.40. The number of rotatable bonds is 6. The fourth-order valence-electron chi connectivity index (χ4n) is 2.36. The monoisotopic (exact) mass is 297 g/mol. The van der Waals surface area contributed by atoms with Crippen LogP contribution in [0.2, 0.25) is 0 Å². The second-order valence-electron chi connectivity index (χ2n) is 5.53. The number of carbonyl (C=O) groups is 1. The summed E-state index contributed by atoms with van der Waals surface area (Å²) in [5.74, 6) is -0.0130. The van der Waals surface area contributed by atoms with Gasteiger partial charge in [0, 0.05) is 25.0 Å². The van der Waals surface area contributed by atoms with E-state index in [1.807, 2.05) is 12.1 Å². The number of pyridine rings is 1. The van der Waals surface area contributed by atoms with E-state index in [0.717, 1.165) is 5.56 Å². The van der Waals surface area contributed by atoms with Crippen LogP contribution in [0, 0.1) is 13.8 Å². The van der Waals surface area contributed by atoms with Crippen molar-refractivity contribution < 1.29 is 4.79 Å². The van der Waals surface area contributed by atoms with Crippen LogP contribution in [0.4, 0.5) is 0 Å². The van der Waals surface area contributed by atoms with Gasteiger partial charge in [-0.3, -0.25) is 9.78 Å². The Morgan fingerprint density at radius 1 is 1.23 bits per heavy atom. The molecule has 1 aromatic heterocycles. The summed E-state index contributed by atoms with van der Waals surface area (Å²) in [6.07, 6.45) is 3.48. The number of amides is 1. The normalized spacial score (nSPS) is 12.0. The van der Waals surface area contributed by atoms with Gasteiger partial charge in [-0.25, -0.2) is 0 Å². The molecule has 1 heterocycles. The number of nitrogens with zero attached hydrogens (tertiary/aromatic N) is 1. The predicted octanol–water partition coefficient (Wildman–Crippen LogP) is 2.67. The minimum atomic E-state index is -0.0130. The van der Waals surface area contributed by atoms with E-state index < -0.39 is 0 Å². The quantitative estimate of drug-likeness (QED) is 0.862. The molecule has 1 atom stereocenters. The molecule has 1 amide bonds. The highest BCUT2D eigenvalue weighted by Crippen LogP contribution is 2.19. The number of hydrogen-bond donors (Lipinski definition) is 2. The van der Waals surface area contributed by atoms with Crippen molar-refractivity contribution in [3.05, 3.63) is 65.0 Å². The lowest BCUT2D eigenvalue weighted by atomic mass is 9.98. The van der Waals surface area contributed by atoms with E-state index >= 15 is 0 Å². The zero-order valence-electron chi connectivity index (χ0n) is 13.4. The number of nitrogens with one attached hydrogen (secondary N) is 2. The summed E-state index contributed by atoms with van der Waals surface area (Å²) in [6.45, 7) is 7.11. The van der Waals surface area contributed by atoms with Gasteiger partial charge < -0.3 is 10.6 Å². The van der Waals surface area contributed by atoms with Gasteiger partial charge in [-0.05, 0) is 49.1 Å². The van der Waals surface area contributed by atoms with Crippen molar-refractivity contribution in [2.24, 2.45) is 0 Å². The molecular weight excluding hydrogens is 274 g/mol. The Morgan fingerprint density at radius 3 is 2.77 bits per heavy atom. The Morgan fingerprint density at radius 2 is 2.05 bits per heavy atom. The topological polar surface area (TPSA) is 54.0 Å². The number of carbonyl (C=O) groups excluding carboxylic acids is 1. The lowest BCUT2D eigenvalue weighted by Gasteiger charge is -2.17. The fourth-order valence-corrected chi connectivity index (χ4v) is 2.36. The molecule has 0 bridgehead atoms. The maximum absolute atomic E-state index is 11.9. The number of aryl methyl sites for hydroxylation is 1. The first-order valence-corrected chi connectivity index (χ1v) is 7.53. The molecule has 0 fully saturated rings. The SMILES string of the molecule is Cc1cccc(C(C)NCC(=O)NCc2cccnc2)c1C. The Labute approximate surface area is 132 Å². The second kappa shape index (κ2) is 7.71. The highest BCUT2D eigenvalue weighted by Gasteiger charge is 2.10. The van der Waals surface area contributed by atoms with Crippen molar-refractivity contribution >= 4 is 5.91 Å². The van der Waals surface area contributed by atoms with Crippen LogP contribution < -0.4 is 10.6 Å². The largest absolute Gasteiger partial charge is 0.351 e. The van der Waals surface area contributed by atoms with E-state index in [0.29, 0.717) is 13.1 Å². The Bertz CT molecular complexity index is 625. The molecular formula is C18H23N3O. The fraction of sp³-hybridized carbons (Fsp3) is 0.333. The molecule has 0 radical (unpaired) electrons. The van der Waals surface area contributed by atoms with Gasteiger partial charge in [0.1, 0.15) is 0 Å². The van der Waals surface area contributed by atoms with Crippen molar-refractivity contribution in [3.8, 4) is 0 Å². The van der Waals surface area contributed by atoms with E-state index in [2.05, 4.69) is 54.6 Å². The van der Waals surface area contributed by atoms with E-state index in [9.17, 15) is 4.79 Å². The highest BCUT2D eigenvalue weighted by atomic mass is 16.1. The molecule has 116 valence electrons. The van der Waals surface area contributed by atoms with Crippen molar-refractivity contribution in [1.29, 1.82) is 0 Å². The standard InChI is InChI=1S/C18H23N3O/c1-13-6-4-8-17(14(13)2)15(3)20-12-18(22)21-11-16-7-5-9-19-10-16/h4-10,15,20H,11-12H2,1-3H3,(H,21,22). The summed E-state index contributed by atoms with van der Waals surface area (Å²) < 4.78 is 0. The third-order valence-corrected chi connectivity index (χ3v) is 3.89. The molecule has 1 unspecified atom stereocenters. The third-order valence-electron chi connectivity index (χ3n) is 3.89. The molecule has 0 saturated heterocycles. The van der Waals surface area contributed by atoms with Crippen LogP contribution in [0.3, 0.4) is 0 Å². The average Bonchev–Trinajstić information content (AvgIpc) is 2.54. The van der Waals surface area contributed by atoms with Crippen LogP contribution in [-0.2, 0) is 11.3 Å². The van der Waals surface area contributed by atoms with Crippen LogP contribution in [0.1, 0.15) is 35.2 Å². The van der Waals surface area contributed by atoms with Crippen molar-refractivity contribution in [2.45, 2.75) is 33.4 Å². The summed E-state index contributed by atoms with van der Waals surface area (Å²) in [7, 11) is 0. The minimum absolute atomic E-state index is 0.0130. The predicted molar refractivity (Wildman–Crippen MR) is 88.4 cm³/mol. The van der Waals surface area contributed by atoms with E-state index in [4.69, 9.17) is 0 Å². The smallest absolute Gasteiger partial charge is 0.234 e. The molecule has 2 rings (SSSR count). The first-order valence-electron chi connectivity index (χ1n) is 7.53. The van der Waals surface area contributed by atoms with Gasteiger partial charge >= 0.3 is 0 Å². The number of hydrogen-bond acceptors (Lipinski definition) is 3. The van der Waals surface area contributed by atoms with Crippen LogP contribution in [0.5, 0.6) is 0 Å². The molecule has 0 spiro atoms. The zero-order chi connectivity index (χ0) is 15.9. The zero-order valence-corrected chi connectivity index (χ0v) is 13.4. The minimum Gasteiger partial charge on any atom is -0.351 e. The van der Waals surface area contributed by atoms with E-state index in [-0.39, 0.29) is 11.9 Å². The van der Waals surface area contributed by atoms with Crippen LogP contribution in [-0.4, -0.2) is 17.4 Å². The lowest BCUT2D eigenvalue weighted by molar-refractivity contribution is -0.120. The number of aromatic nitrogens is 1. The average molecular weight is 297 g/mol. The second-order valence-corrected chi connectivity index (χ2v) is 5.53. The molecule has 0 aliphatic carbocycles. The van der Waals surface area contributed by atoms with Crippen molar-refractivity contribution in [1.82, 2.24) is 15.6 Å². The van der Waals surface area contributed by atoms with Crippen LogP contribution >= 0.6 is 0 Å². The first kappa shape index (κ1) is 16.2. The van der Waals surface area contributed by atoms with E-state index in [1.54, 1.807) is 12.4 Å². The van der Waals surface area contributed by atoms with Gasteiger partial charge in [-0.2, -0.15) is 0 Å². The molecule has 2 aromatic rings. The first-order chi connectivity index (χ1) is 10.6. The van der Waals surface area contributed by atoms with Gasteiger partial charge in [0.25, 0.3) is 0 Å². The molecule has 0 aliphatic heterocycles. The van der Waals surface area contributed by atoms with Gasteiger partial charge in [-0.1, -0.05) is 24.3 Å². The summed E-state index contributed by atoms with van der Waals surface area (Å²) in [6, 6.07) is 10.2. The van der Waals surface area contributed by atoms with Gasteiger partial charge in [0.2, 0.25) is 5.91 Å². The Hall–Kier alpha value is -2.20. The van der Waals surface area contributed by atoms with Crippen molar-refractivity contribution in [3.63, 3.8) is 0 Å². The Balaban J connectivity index is 1.82. The van der Waals surface area contributed by atoms with Crippen LogP contribution in [0.15, 0.2) is 42.7 Å². The van der Waals surface area contributed by atoms with E-state index in [1.165, 1.54) is 16.7 Å². The van der Waals surface area contributed by atoms with Crippen molar-refractivity contribution in [2.75, 3.05) is 6.54 Å². The summed E-state index contributed by atoms with van der Waals surface area (Å²) in [5, 5.41) is 6.17. The van der Waals surface area contributed by atoms with Crippen LogP contribution in [0.25, 0.3) is 0 Å². The molecule has 4 nitrogen and oxygen atoms in total. The molecule has 2 N–H and O–H groups in total. The summed E-state index contributed by atoms with van der Waals surface area (Å²) in [5.41, 5.74) is 4.78. The Kier molecular flexibility index (Phi) is 5.67. The van der Waals surface area contributed by atoms with Gasteiger partial charge in [0.05, 0.1) is 6.54 Å². The number of benzene rings is 1. The molecule has 4 heteroatoms. The highest BCUT2D eigenvalue weighted by molar-refractivity contribution is 5.78. The maximum atomic E-state index is 11.9. The summed E-state index contributed by atoms with van der Waals surface area (Å²) >= 11 is 0. The molecule has 22 heavy (non-hydrogen) atoms. The molecule has 1 aromatic carbocycles.